The average molecular weight is 313 g/mol. The maximum atomic E-state index is 12.0. The molecule has 0 saturated carbocycles. The highest BCUT2D eigenvalue weighted by molar-refractivity contribution is 5.83. The van der Waals surface area contributed by atoms with Crippen LogP contribution in [0, 0.1) is 11.3 Å². The zero-order valence-electron chi connectivity index (χ0n) is 14.8. The van der Waals surface area contributed by atoms with E-state index >= 15 is 0 Å². The molecule has 0 aliphatic carbocycles. The Hall–Kier alpha value is -1.23. The molecule has 0 spiro atoms. The van der Waals surface area contributed by atoms with Gasteiger partial charge in [0.25, 0.3) is 0 Å². The number of nitrogens with one attached hydrogen (secondary N) is 1. The van der Waals surface area contributed by atoms with Gasteiger partial charge in [-0.1, -0.05) is 27.7 Å². The van der Waals surface area contributed by atoms with E-state index in [1.165, 1.54) is 0 Å². The van der Waals surface area contributed by atoms with Crippen LogP contribution in [-0.4, -0.2) is 36.7 Å². The van der Waals surface area contributed by atoms with E-state index in [1.54, 1.807) is 0 Å². The van der Waals surface area contributed by atoms with E-state index in [2.05, 4.69) is 5.32 Å². The fraction of sp³-hybridized carbons (Fsp3) is 0.824. The fourth-order valence-corrected chi connectivity index (χ4v) is 1.94. The Labute approximate surface area is 134 Å². The summed E-state index contributed by atoms with van der Waals surface area (Å²) in [5, 5.41) is 2.56. The van der Waals surface area contributed by atoms with Gasteiger partial charge < -0.3 is 14.8 Å². The molecule has 1 unspecified atom stereocenters. The number of ketones is 1. The van der Waals surface area contributed by atoms with Gasteiger partial charge in [0.1, 0.15) is 12.1 Å². The van der Waals surface area contributed by atoms with Gasteiger partial charge in [0.05, 0.1) is 12.1 Å². The van der Waals surface area contributed by atoms with Crippen molar-refractivity contribution in [1.29, 1.82) is 0 Å². The van der Waals surface area contributed by atoms with Crippen molar-refractivity contribution in [2.24, 2.45) is 11.3 Å². The Kier molecular flexibility index (Phi) is 8.53. The Balaban J connectivity index is 4.33. The van der Waals surface area contributed by atoms with Crippen molar-refractivity contribution in [3.05, 3.63) is 0 Å². The molecule has 0 aromatic heterocycles. The number of carbonyl (C=O) groups is 3. The zero-order chi connectivity index (χ0) is 17.4. The summed E-state index contributed by atoms with van der Waals surface area (Å²) in [4.78, 5) is 34.2. The van der Waals surface area contributed by atoms with Gasteiger partial charge in [-0.2, -0.15) is 0 Å². The molecule has 1 N–H and O–H groups in total. The molecule has 0 aromatic rings. The third-order valence-corrected chi connectivity index (χ3v) is 3.94. The van der Waals surface area contributed by atoms with Crippen LogP contribution >= 0.6 is 0 Å². The van der Waals surface area contributed by atoms with Gasteiger partial charge >= 0.3 is 0 Å². The van der Waals surface area contributed by atoms with Crippen molar-refractivity contribution in [2.75, 3.05) is 13.2 Å². The molecule has 128 valence electrons. The van der Waals surface area contributed by atoms with Crippen LogP contribution in [0.1, 0.15) is 60.8 Å². The molecule has 22 heavy (non-hydrogen) atoms. The summed E-state index contributed by atoms with van der Waals surface area (Å²) in [6.45, 7) is 11.8. The molecule has 0 bridgehead atoms. The molecule has 0 fully saturated rings. The molecule has 0 aliphatic heterocycles. The largest absolute Gasteiger partial charge is 0.375 e. The van der Waals surface area contributed by atoms with Crippen molar-refractivity contribution in [1.82, 2.24) is 5.32 Å². The molecule has 1 amide bonds. The lowest BCUT2D eigenvalue weighted by atomic mass is 9.88. The van der Waals surface area contributed by atoms with Gasteiger partial charge in [0.15, 0.2) is 0 Å². The highest BCUT2D eigenvalue weighted by atomic mass is 16.5. The van der Waals surface area contributed by atoms with Crippen LogP contribution in [0.5, 0.6) is 0 Å². The molecule has 5 heteroatoms. The summed E-state index contributed by atoms with van der Waals surface area (Å²) in [6.07, 6.45) is 2.39. The zero-order valence-corrected chi connectivity index (χ0v) is 14.8. The van der Waals surface area contributed by atoms with Crippen LogP contribution in [0.2, 0.25) is 0 Å². The van der Waals surface area contributed by atoms with E-state index in [4.69, 9.17) is 4.74 Å². The van der Waals surface area contributed by atoms with Crippen LogP contribution < -0.4 is 5.32 Å². The normalized spacial score (nSPS) is 13.5. The van der Waals surface area contributed by atoms with Crippen LogP contribution in [0.3, 0.4) is 0 Å². The number of hydrogen-bond donors (Lipinski definition) is 1. The van der Waals surface area contributed by atoms with E-state index in [0.29, 0.717) is 25.7 Å². The Morgan fingerprint density at radius 2 is 1.82 bits per heavy atom. The van der Waals surface area contributed by atoms with E-state index in [-0.39, 0.29) is 24.2 Å². The van der Waals surface area contributed by atoms with E-state index in [0.717, 1.165) is 6.42 Å². The minimum Gasteiger partial charge on any atom is -0.375 e. The number of carbonyl (C=O) groups excluding carboxylic acids is 3. The van der Waals surface area contributed by atoms with Gasteiger partial charge in [-0.05, 0) is 26.7 Å². The predicted octanol–water partition coefficient (Wildman–Crippen LogP) is 2.52. The first-order valence-corrected chi connectivity index (χ1v) is 7.94. The maximum Gasteiger partial charge on any atom is 0.226 e. The lowest BCUT2D eigenvalue weighted by Gasteiger charge is -2.29. The highest BCUT2D eigenvalue weighted by Gasteiger charge is 2.29. The number of amides is 1. The second kappa shape index (κ2) is 9.03. The number of Topliss-reactive ketones (excluding diaryl/α,β-unsaturated/α-hetero) is 1. The van der Waals surface area contributed by atoms with Crippen molar-refractivity contribution in [3.8, 4) is 0 Å². The van der Waals surface area contributed by atoms with Crippen LogP contribution in [0.25, 0.3) is 0 Å². The molecule has 0 saturated heterocycles. The predicted molar refractivity (Wildman–Crippen MR) is 86.6 cm³/mol. The Morgan fingerprint density at radius 3 is 2.32 bits per heavy atom. The third kappa shape index (κ3) is 7.69. The van der Waals surface area contributed by atoms with Crippen molar-refractivity contribution < 1.29 is 19.1 Å². The standard InChI is InChI=1S/C17H31NO4/c1-7-13(2)14(20)12-17(5,6)22-11-8-16(3,4)15(21)18-9-10-19/h10,13H,7-9,11-12H2,1-6H3,(H,18,21). The quantitative estimate of drug-likeness (QED) is 0.595. The van der Waals surface area contributed by atoms with Crippen LogP contribution in [0.4, 0.5) is 0 Å². The minimum atomic E-state index is -0.611. The monoisotopic (exact) mass is 313 g/mol. The minimum absolute atomic E-state index is 0.0258. The molecule has 0 radical (unpaired) electrons. The summed E-state index contributed by atoms with van der Waals surface area (Å²) < 4.78 is 5.81. The molecule has 0 aliphatic rings. The molecule has 0 aromatic carbocycles. The first-order chi connectivity index (χ1) is 10.1. The summed E-state index contributed by atoms with van der Waals surface area (Å²) in [5.41, 5.74) is -1.14. The lowest BCUT2D eigenvalue weighted by Crippen LogP contribution is -2.39. The average Bonchev–Trinajstić information content (AvgIpc) is 2.42. The van der Waals surface area contributed by atoms with Crippen molar-refractivity contribution >= 4 is 18.0 Å². The first kappa shape index (κ1) is 20.8. The number of ether oxygens (including phenoxy) is 1. The van der Waals surface area contributed by atoms with Crippen molar-refractivity contribution in [3.63, 3.8) is 0 Å². The van der Waals surface area contributed by atoms with E-state index in [9.17, 15) is 14.4 Å². The summed E-state index contributed by atoms with van der Waals surface area (Å²) >= 11 is 0. The number of hydrogen-bond acceptors (Lipinski definition) is 4. The second-order valence-corrected chi connectivity index (χ2v) is 7.07. The maximum absolute atomic E-state index is 12.0. The third-order valence-electron chi connectivity index (χ3n) is 3.94. The smallest absolute Gasteiger partial charge is 0.226 e. The van der Waals surface area contributed by atoms with Crippen molar-refractivity contribution in [2.45, 2.75) is 66.4 Å². The second-order valence-electron chi connectivity index (χ2n) is 7.07. The lowest BCUT2D eigenvalue weighted by molar-refractivity contribution is -0.134. The van der Waals surface area contributed by atoms with Gasteiger partial charge in [0, 0.05) is 24.4 Å². The fourth-order valence-electron chi connectivity index (χ4n) is 1.94. The molecule has 0 rings (SSSR count). The highest BCUT2D eigenvalue weighted by Crippen LogP contribution is 2.24. The van der Waals surface area contributed by atoms with Gasteiger partial charge in [-0.3, -0.25) is 9.59 Å². The van der Waals surface area contributed by atoms with E-state index < -0.39 is 11.0 Å². The summed E-state index contributed by atoms with van der Waals surface area (Å²) in [7, 11) is 0. The molecule has 5 nitrogen and oxygen atoms in total. The van der Waals surface area contributed by atoms with Crippen LogP contribution in [-0.2, 0) is 19.1 Å². The summed E-state index contributed by atoms with van der Waals surface area (Å²) in [5.74, 6) is 0.0839. The Morgan fingerprint density at radius 1 is 1.23 bits per heavy atom. The van der Waals surface area contributed by atoms with E-state index in [1.807, 2.05) is 41.5 Å². The first-order valence-electron chi connectivity index (χ1n) is 7.94. The molecular formula is C17H31NO4. The van der Waals surface area contributed by atoms with Crippen LogP contribution in [0.15, 0.2) is 0 Å². The number of aldehydes is 1. The van der Waals surface area contributed by atoms with Gasteiger partial charge in [-0.25, -0.2) is 0 Å². The number of rotatable bonds is 11. The SMILES string of the molecule is CCC(C)C(=O)CC(C)(C)OCCC(C)(C)C(=O)NCC=O. The van der Waals surface area contributed by atoms with Gasteiger partial charge in [0.2, 0.25) is 5.91 Å². The molecule has 0 heterocycles. The topological polar surface area (TPSA) is 72.5 Å². The molecular weight excluding hydrogens is 282 g/mol. The Bertz CT molecular complexity index is 388. The summed E-state index contributed by atoms with van der Waals surface area (Å²) in [6, 6.07) is 0. The van der Waals surface area contributed by atoms with Gasteiger partial charge in [-0.15, -0.1) is 0 Å². The molecule has 1 atom stereocenters.